The first-order chi connectivity index (χ1) is 20.7. The first kappa shape index (κ1) is 36.7. The van der Waals surface area contributed by atoms with E-state index in [9.17, 15) is 40.7 Å². The van der Waals surface area contributed by atoms with Crippen LogP contribution in [-0.4, -0.2) is 48.1 Å². The number of ether oxygens (including phenoxy) is 3. The molecule has 0 saturated heterocycles. The Morgan fingerprint density at radius 2 is 1.60 bits per heavy atom. The summed E-state index contributed by atoms with van der Waals surface area (Å²) < 4.78 is 97.1. The molecule has 0 heterocycles. The Morgan fingerprint density at radius 1 is 0.978 bits per heavy atom. The SMILES string of the molecule is C=C1/C(=C\C=C2/CCC[C@]3(C)[C@@H]([C@H](C)CCCC(OC(C)=O)(C(F)(F)F)C(F)(F)F)CC[C@@H]23)C[C@@H](OC(C)=O)C[C@@H]1OC(C)=O. The van der Waals surface area contributed by atoms with Crippen molar-refractivity contribution in [3.8, 4) is 0 Å². The van der Waals surface area contributed by atoms with Crippen molar-refractivity contribution in [2.24, 2.45) is 23.2 Å². The molecule has 0 aromatic carbocycles. The zero-order valence-electron chi connectivity index (χ0n) is 26.5. The molecule has 3 rings (SSSR count). The van der Waals surface area contributed by atoms with Crippen molar-refractivity contribution in [2.45, 2.75) is 129 Å². The zero-order chi connectivity index (χ0) is 34.0. The van der Waals surface area contributed by atoms with Gasteiger partial charge in [-0.05, 0) is 72.8 Å². The highest BCUT2D eigenvalue weighted by atomic mass is 19.4. The molecule has 45 heavy (non-hydrogen) atoms. The molecule has 0 aromatic heterocycles. The lowest BCUT2D eigenvalue weighted by Crippen LogP contribution is -2.59. The minimum absolute atomic E-state index is 0.0880. The Balaban J connectivity index is 1.77. The van der Waals surface area contributed by atoms with Gasteiger partial charge in [-0.3, -0.25) is 14.4 Å². The summed E-state index contributed by atoms with van der Waals surface area (Å²) in [6.45, 7) is 11.3. The average molecular weight is 651 g/mol. The number of carbonyl (C=O) groups is 3. The summed E-state index contributed by atoms with van der Waals surface area (Å²) in [4.78, 5) is 34.6. The molecule has 0 radical (unpaired) electrons. The first-order valence-corrected chi connectivity index (χ1v) is 15.5. The van der Waals surface area contributed by atoms with Crippen molar-refractivity contribution in [1.29, 1.82) is 0 Å². The Bertz CT molecular complexity index is 1190. The third-order valence-electron chi connectivity index (χ3n) is 10.0. The zero-order valence-corrected chi connectivity index (χ0v) is 26.5. The summed E-state index contributed by atoms with van der Waals surface area (Å²) in [7, 11) is 0. The van der Waals surface area contributed by atoms with Crippen molar-refractivity contribution < 1.29 is 54.9 Å². The molecule has 0 aliphatic heterocycles. The number of allylic oxidation sites excluding steroid dienone is 3. The molecule has 0 amide bonds. The minimum atomic E-state index is -5.80. The number of fused-ring (bicyclic) bond motifs is 1. The third kappa shape index (κ3) is 8.14. The summed E-state index contributed by atoms with van der Waals surface area (Å²) in [5.74, 6) is -2.42. The topological polar surface area (TPSA) is 78.9 Å². The van der Waals surface area contributed by atoms with Gasteiger partial charge in [0.25, 0.3) is 0 Å². The van der Waals surface area contributed by atoms with Crippen LogP contribution >= 0.6 is 0 Å². The molecule has 0 bridgehead atoms. The molecule has 3 aliphatic rings. The van der Waals surface area contributed by atoms with E-state index < -0.39 is 60.9 Å². The second-order valence-corrected chi connectivity index (χ2v) is 13.1. The highest BCUT2D eigenvalue weighted by molar-refractivity contribution is 5.68. The summed E-state index contributed by atoms with van der Waals surface area (Å²) in [6, 6.07) is 0. The lowest BCUT2D eigenvalue weighted by Gasteiger charge is -2.44. The fourth-order valence-electron chi connectivity index (χ4n) is 8.02. The van der Waals surface area contributed by atoms with Crippen molar-refractivity contribution >= 4 is 17.9 Å². The fourth-order valence-corrected chi connectivity index (χ4v) is 8.02. The standard InChI is InChI=1S/C33H44F6O6/c1-19(9-7-16-31(32(34,35)36,33(37,38)39)45-23(5)42)27-13-14-28-24(10-8-15-30(27,28)6)11-12-25-17-26(43-21(3)40)18-29(20(25)2)44-22(4)41/h11-12,19,26-29H,2,7-10,13-18H2,1,3-6H3/b24-11+,25-12-/t19-,26-,27-,28+,29+,30-/m1/s1. The quantitative estimate of drug-likeness (QED) is 0.142. The minimum Gasteiger partial charge on any atom is -0.462 e. The van der Waals surface area contributed by atoms with Crippen LogP contribution < -0.4 is 0 Å². The molecule has 0 aromatic rings. The van der Waals surface area contributed by atoms with Crippen LogP contribution in [0.15, 0.2) is 35.5 Å². The first-order valence-electron chi connectivity index (χ1n) is 15.5. The van der Waals surface area contributed by atoms with Crippen LogP contribution in [0.25, 0.3) is 0 Å². The number of carbonyl (C=O) groups excluding carboxylic acids is 3. The fraction of sp³-hybridized carbons (Fsp3) is 0.727. The molecule has 0 spiro atoms. The van der Waals surface area contributed by atoms with Crippen LogP contribution in [-0.2, 0) is 28.6 Å². The summed E-state index contributed by atoms with van der Waals surface area (Å²) in [5.41, 5.74) is -2.06. The molecule has 3 saturated carbocycles. The third-order valence-corrected chi connectivity index (χ3v) is 10.0. The molecular formula is C33H44F6O6. The van der Waals surface area contributed by atoms with E-state index in [-0.39, 0.29) is 29.6 Å². The van der Waals surface area contributed by atoms with Crippen LogP contribution in [0.3, 0.4) is 0 Å². The highest BCUT2D eigenvalue weighted by Crippen LogP contribution is 2.60. The van der Waals surface area contributed by atoms with Gasteiger partial charge >= 0.3 is 35.9 Å². The van der Waals surface area contributed by atoms with Crippen LogP contribution in [0.1, 0.15) is 98.8 Å². The lowest BCUT2D eigenvalue weighted by molar-refractivity contribution is -0.371. The van der Waals surface area contributed by atoms with E-state index >= 15 is 0 Å². The van der Waals surface area contributed by atoms with Crippen LogP contribution in [0.4, 0.5) is 26.3 Å². The van der Waals surface area contributed by atoms with E-state index in [1.54, 1.807) is 0 Å². The largest absolute Gasteiger partial charge is 0.462 e. The smallest absolute Gasteiger partial charge is 0.437 e. The maximum atomic E-state index is 13.7. The molecular weight excluding hydrogens is 606 g/mol. The summed E-state index contributed by atoms with van der Waals surface area (Å²) >= 11 is 0. The van der Waals surface area contributed by atoms with E-state index in [2.05, 4.69) is 24.3 Å². The molecule has 0 unspecified atom stereocenters. The van der Waals surface area contributed by atoms with Gasteiger partial charge in [0.2, 0.25) is 0 Å². The molecule has 6 nitrogen and oxygen atoms in total. The van der Waals surface area contributed by atoms with Gasteiger partial charge in [-0.15, -0.1) is 0 Å². The number of hydrogen-bond donors (Lipinski definition) is 0. The Kier molecular flexibility index (Phi) is 11.3. The number of alkyl halides is 6. The van der Waals surface area contributed by atoms with Gasteiger partial charge in [0.05, 0.1) is 0 Å². The number of halogens is 6. The predicted octanol–water partition coefficient (Wildman–Crippen LogP) is 8.50. The van der Waals surface area contributed by atoms with Gasteiger partial charge < -0.3 is 14.2 Å². The van der Waals surface area contributed by atoms with Crippen LogP contribution in [0.2, 0.25) is 0 Å². The van der Waals surface area contributed by atoms with Crippen molar-refractivity contribution in [3.05, 3.63) is 35.5 Å². The highest BCUT2D eigenvalue weighted by Gasteiger charge is 2.73. The maximum absolute atomic E-state index is 13.7. The van der Waals surface area contributed by atoms with Gasteiger partial charge in [-0.2, -0.15) is 26.3 Å². The summed E-state index contributed by atoms with van der Waals surface area (Å²) in [6.07, 6.45) is -5.37. The molecule has 254 valence electrons. The lowest BCUT2D eigenvalue weighted by atomic mass is 9.60. The van der Waals surface area contributed by atoms with E-state index in [4.69, 9.17) is 9.47 Å². The van der Waals surface area contributed by atoms with E-state index in [0.29, 0.717) is 25.3 Å². The Morgan fingerprint density at radius 3 is 2.16 bits per heavy atom. The van der Waals surface area contributed by atoms with Gasteiger partial charge in [-0.25, -0.2) is 0 Å². The molecule has 12 heteroatoms. The second kappa shape index (κ2) is 13.9. The van der Waals surface area contributed by atoms with Gasteiger partial charge in [0, 0.05) is 40.0 Å². The predicted molar refractivity (Wildman–Crippen MR) is 153 cm³/mol. The Hall–Kier alpha value is -2.79. The van der Waals surface area contributed by atoms with E-state index in [1.807, 2.05) is 13.0 Å². The second-order valence-electron chi connectivity index (χ2n) is 13.1. The maximum Gasteiger partial charge on any atom is 0.437 e. The number of rotatable bonds is 9. The normalized spacial score (nSPS) is 30.2. The molecule has 3 fully saturated rings. The average Bonchev–Trinajstić information content (AvgIpc) is 3.24. The van der Waals surface area contributed by atoms with Crippen molar-refractivity contribution in [3.63, 3.8) is 0 Å². The molecule has 3 aliphatic carbocycles. The summed E-state index contributed by atoms with van der Waals surface area (Å²) in [5, 5.41) is 0. The van der Waals surface area contributed by atoms with Crippen LogP contribution in [0, 0.1) is 23.2 Å². The number of esters is 3. The van der Waals surface area contributed by atoms with Crippen LogP contribution in [0.5, 0.6) is 0 Å². The van der Waals surface area contributed by atoms with Gasteiger partial charge in [0.1, 0.15) is 12.2 Å². The number of hydrogen-bond acceptors (Lipinski definition) is 6. The van der Waals surface area contributed by atoms with Gasteiger partial charge in [-0.1, -0.05) is 44.6 Å². The molecule has 6 atom stereocenters. The van der Waals surface area contributed by atoms with Crippen molar-refractivity contribution in [2.75, 3.05) is 0 Å². The monoisotopic (exact) mass is 650 g/mol. The van der Waals surface area contributed by atoms with E-state index in [1.165, 1.54) is 19.4 Å². The van der Waals surface area contributed by atoms with Crippen molar-refractivity contribution in [1.82, 2.24) is 0 Å². The Labute approximate surface area is 260 Å². The van der Waals surface area contributed by atoms with Gasteiger partial charge in [0.15, 0.2) is 0 Å². The molecule has 0 N–H and O–H groups in total. The van der Waals surface area contributed by atoms with E-state index in [0.717, 1.165) is 37.7 Å².